The molecule has 1 aromatic heterocycles. The van der Waals surface area contributed by atoms with E-state index in [-0.39, 0.29) is 30.0 Å². The zero-order valence-corrected chi connectivity index (χ0v) is 20.0. The SMILES string of the molecule is COc1cc(C#Cc2ccncc2NS(C)(=O)=O)c(N2CCC(=O)NC2=O)cc1C(C)(C)C. The van der Waals surface area contributed by atoms with Crippen LogP contribution in [0.25, 0.3) is 0 Å². The fourth-order valence-electron chi connectivity index (χ4n) is 3.36. The summed E-state index contributed by atoms with van der Waals surface area (Å²) in [6, 6.07) is 4.66. The van der Waals surface area contributed by atoms with Crippen LogP contribution < -0.4 is 19.7 Å². The Balaban J connectivity index is 2.17. The van der Waals surface area contributed by atoms with Crippen LogP contribution in [0.1, 0.15) is 43.9 Å². The maximum absolute atomic E-state index is 12.6. The topological polar surface area (TPSA) is 118 Å². The molecule has 10 heteroatoms. The van der Waals surface area contributed by atoms with Gasteiger partial charge in [-0.3, -0.25) is 24.7 Å². The average Bonchev–Trinajstić information content (AvgIpc) is 2.71. The summed E-state index contributed by atoms with van der Waals surface area (Å²) >= 11 is 0. The minimum Gasteiger partial charge on any atom is -0.496 e. The summed E-state index contributed by atoms with van der Waals surface area (Å²) in [4.78, 5) is 29.7. The van der Waals surface area contributed by atoms with Crippen molar-refractivity contribution >= 4 is 33.3 Å². The minimum atomic E-state index is -3.52. The smallest absolute Gasteiger partial charge is 0.328 e. The van der Waals surface area contributed by atoms with Gasteiger partial charge in [0.25, 0.3) is 0 Å². The van der Waals surface area contributed by atoms with Gasteiger partial charge in [0.1, 0.15) is 5.75 Å². The van der Waals surface area contributed by atoms with Crippen molar-refractivity contribution in [2.75, 3.05) is 29.5 Å². The number of nitrogens with one attached hydrogen (secondary N) is 2. The van der Waals surface area contributed by atoms with Crippen LogP contribution in [0, 0.1) is 11.8 Å². The van der Waals surface area contributed by atoms with Crippen molar-refractivity contribution in [3.8, 4) is 17.6 Å². The molecule has 2 N–H and O–H groups in total. The molecule has 174 valence electrons. The Labute approximate surface area is 193 Å². The van der Waals surface area contributed by atoms with Crippen LogP contribution in [0.5, 0.6) is 5.75 Å². The van der Waals surface area contributed by atoms with E-state index in [4.69, 9.17) is 4.74 Å². The molecular weight excluding hydrogens is 444 g/mol. The van der Waals surface area contributed by atoms with E-state index in [2.05, 4.69) is 26.9 Å². The lowest BCUT2D eigenvalue weighted by atomic mass is 9.85. The third-order valence-electron chi connectivity index (χ3n) is 4.92. The molecule has 0 unspecified atom stereocenters. The number of urea groups is 1. The predicted molar refractivity (Wildman–Crippen MR) is 126 cm³/mol. The van der Waals surface area contributed by atoms with E-state index in [1.165, 1.54) is 17.3 Å². The third kappa shape index (κ3) is 5.81. The maximum atomic E-state index is 12.6. The molecule has 0 bridgehead atoms. The molecule has 1 saturated heterocycles. The number of sulfonamides is 1. The maximum Gasteiger partial charge on any atom is 0.328 e. The number of ether oxygens (including phenoxy) is 1. The molecule has 0 saturated carbocycles. The van der Waals surface area contributed by atoms with Crippen molar-refractivity contribution in [1.82, 2.24) is 10.3 Å². The van der Waals surface area contributed by atoms with E-state index in [1.807, 2.05) is 26.8 Å². The summed E-state index contributed by atoms with van der Waals surface area (Å²) in [6.07, 6.45) is 4.09. The highest BCUT2D eigenvalue weighted by Crippen LogP contribution is 2.37. The van der Waals surface area contributed by atoms with E-state index < -0.39 is 16.1 Å². The molecule has 33 heavy (non-hydrogen) atoms. The van der Waals surface area contributed by atoms with E-state index >= 15 is 0 Å². The highest BCUT2D eigenvalue weighted by atomic mass is 32.2. The van der Waals surface area contributed by atoms with E-state index in [0.29, 0.717) is 22.6 Å². The van der Waals surface area contributed by atoms with Crippen LogP contribution in [0.4, 0.5) is 16.2 Å². The van der Waals surface area contributed by atoms with E-state index in [1.54, 1.807) is 19.2 Å². The van der Waals surface area contributed by atoms with Crippen molar-refractivity contribution in [2.24, 2.45) is 0 Å². The molecule has 3 rings (SSSR count). The Hall–Kier alpha value is -3.58. The number of nitrogens with zero attached hydrogens (tertiary/aromatic N) is 2. The predicted octanol–water partition coefficient (Wildman–Crippen LogP) is 2.61. The second-order valence-electron chi connectivity index (χ2n) is 8.62. The summed E-state index contributed by atoms with van der Waals surface area (Å²) in [7, 11) is -1.96. The number of carbonyl (C=O) groups excluding carboxylic acids is 2. The number of imide groups is 1. The van der Waals surface area contributed by atoms with Crippen molar-refractivity contribution < 1.29 is 22.7 Å². The second kappa shape index (κ2) is 9.11. The lowest BCUT2D eigenvalue weighted by molar-refractivity contribution is -0.120. The monoisotopic (exact) mass is 470 g/mol. The quantitative estimate of drug-likeness (QED) is 0.664. The third-order valence-corrected chi connectivity index (χ3v) is 5.51. The summed E-state index contributed by atoms with van der Waals surface area (Å²) in [5.74, 6) is 6.28. The van der Waals surface area contributed by atoms with Gasteiger partial charge >= 0.3 is 6.03 Å². The zero-order chi connectivity index (χ0) is 24.4. The van der Waals surface area contributed by atoms with Crippen LogP contribution in [-0.4, -0.2) is 45.3 Å². The number of anilines is 2. The molecule has 2 aromatic rings. The standard InChI is InChI=1S/C23H26N4O5S/c1-23(2,3)17-13-19(27-11-9-21(28)25-22(27)29)16(12-20(17)32-4)7-6-15-8-10-24-14-18(15)26-33(5,30)31/h8,10,12-14,26H,9,11H2,1-5H3,(H,25,28,29). The van der Waals surface area contributed by atoms with Crippen LogP contribution in [0.3, 0.4) is 0 Å². The largest absolute Gasteiger partial charge is 0.496 e. The molecule has 0 spiro atoms. The van der Waals surface area contributed by atoms with Gasteiger partial charge in [-0.15, -0.1) is 0 Å². The molecule has 1 aliphatic heterocycles. The van der Waals surface area contributed by atoms with Gasteiger partial charge in [-0.1, -0.05) is 32.6 Å². The molecule has 9 nitrogen and oxygen atoms in total. The number of methoxy groups -OCH3 is 1. The van der Waals surface area contributed by atoms with Gasteiger partial charge in [0.2, 0.25) is 15.9 Å². The second-order valence-corrected chi connectivity index (χ2v) is 10.4. The van der Waals surface area contributed by atoms with Gasteiger partial charge < -0.3 is 4.74 Å². The molecular formula is C23H26N4O5S. The Kier molecular flexibility index (Phi) is 6.65. The number of carbonyl (C=O) groups is 2. The Morgan fingerprint density at radius 1 is 1.18 bits per heavy atom. The fourth-order valence-corrected chi connectivity index (χ4v) is 3.92. The summed E-state index contributed by atoms with van der Waals surface area (Å²) in [5.41, 5.74) is 2.27. The average molecular weight is 471 g/mol. The first-order valence-corrected chi connectivity index (χ1v) is 12.1. The highest BCUT2D eigenvalue weighted by molar-refractivity contribution is 7.92. The minimum absolute atomic E-state index is 0.169. The van der Waals surface area contributed by atoms with Gasteiger partial charge in [0.15, 0.2) is 0 Å². The first-order valence-electron chi connectivity index (χ1n) is 10.2. The van der Waals surface area contributed by atoms with Crippen molar-refractivity contribution in [2.45, 2.75) is 32.6 Å². The first-order chi connectivity index (χ1) is 15.4. The van der Waals surface area contributed by atoms with Crippen LogP contribution >= 0.6 is 0 Å². The number of hydrogen-bond donors (Lipinski definition) is 2. The van der Waals surface area contributed by atoms with Gasteiger partial charge in [-0.2, -0.15) is 0 Å². The Morgan fingerprint density at radius 2 is 1.88 bits per heavy atom. The number of benzene rings is 1. The summed E-state index contributed by atoms with van der Waals surface area (Å²) in [6.45, 7) is 6.30. The van der Waals surface area contributed by atoms with Crippen molar-refractivity contribution in [1.29, 1.82) is 0 Å². The highest BCUT2D eigenvalue weighted by Gasteiger charge is 2.29. The fraction of sp³-hybridized carbons (Fsp3) is 0.348. The molecule has 1 aliphatic rings. The Bertz CT molecular complexity index is 1270. The number of pyridine rings is 1. The zero-order valence-electron chi connectivity index (χ0n) is 19.1. The van der Waals surface area contributed by atoms with Gasteiger partial charge in [0, 0.05) is 24.7 Å². The number of aromatic nitrogens is 1. The molecule has 1 fully saturated rings. The lowest BCUT2D eigenvalue weighted by Gasteiger charge is -2.30. The number of hydrogen-bond acceptors (Lipinski definition) is 6. The Morgan fingerprint density at radius 3 is 2.48 bits per heavy atom. The molecule has 2 heterocycles. The van der Waals surface area contributed by atoms with E-state index in [9.17, 15) is 18.0 Å². The van der Waals surface area contributed by atoms with E-state index in [0.717, 1.165) is 11.8 Å². The molecule has 0 radical (unpaired) electrons. The number of amides is 3. The summed E-state index contributed by atoms with van der Waals surface area (Å²) < 4.78 is 31.4. The van der Waals surface area contributed by atoms with Gasteiger partial charge in [0.05, 0.1) is 42.1 Å². The van der Waals surface area contributed by atoms with Crippen molar-refractivity contribution in [3.63, 3.8) is 0 Å². The first kappa shape index (κ1) is 24.1. The normalized spacial score (nSPS) is 14.3. The molecule has 0 atom stereocenters. The van der Waals surface area contributed by atoms with Crippen LogP contribution in [0.2, 0.25) is 0 Å². The lowest BCUT2D eigenvalue weighted by Crippen LogP contribution is -2.49. The van der Waals surface area contributed by atoms with Crippen LogP contribution in [-0.2, 0) is 20.2 Å². The van der Waals surface area contributed by atoms with Gasteiger partial charge in [-0.25, -0.2) is 13.2 Å². The molecule has 3 amide bonds. The molecule has 0 aliphatic carbocycles. The van der Waals surface area contributed by atoms with Crippen LogP contribution in [0.15, 0.2) is 30.6 Å². The van der Waals surface area contributed by atoms with Crippen molar-refractivity contribution in [3.05, 3.63) is 47.3 Å². The number of rotatable bonds is 4. The summed E-state index contributed by atoms with van der Waals surface area (Å²) in [5, 5.41) is 2.33. The van der Waals surface area contributed by atoms with Gasteiger partial charge in [-0.05, 0) is 23.6 Å². The molecule has 1 aromatic carbocycles.